The van der Waals surface area contributed by atoms with Crippen molar-refractivity contribution in [1.29, 1.82) is 0 Å². The van der Waals surface area contributed by atoms with Gasteiger partial charge in [0.15, 0.2) is 0 Å². The Morgan fingerprint density at radius 2 is 2.36 bits per heavy atom. The van der Waals surface area contributed by atoms with Crippen molar-refractivity contribution in [3.8, 4) is 0 Å². The van der Waals surface area contributed by atoms with Gasteiger partial charge in [0.1, 0.15) is 0 Å². The zero-order chi connectivity index (χ0) is 8.10. The monoisotopic (exact) mass is 188 g/mol. The van der Waals surface area contributed by atoms with E-state index in [-0.39, 0.29) is 0 Å². The molecular weight excluding hydrogens is 176 g/mol. The van der Waals surface area contributed by atoms with Crippen LogP contribution in [-0.4, -0.2) is 11.5 Å². The normalized spacial score (nSPS) is 15.9. The van der Waals surface area contributed by atoms with Crippen LogP contribution in [0, 0.1) is 0 Å². The highest BCUT2D eigenvalue weighted by Crippen LogP contribution is 2.25. The molecular formula is C9H13ClS. The Bertz CT molecular complexity index is 166. The summed E-state index contributed by atoms with van der Waals surface area (Å²) in [6.07, 6.45) is 6.36. The quantitative estimate of drug-likeness (QED) is 0.480. The van der Waals surface area contributed by atoms with E-state index < -0.39 is 0 Å². The van der Waals surface area contributed by atoms with Gasteiger partial charge in [-0.25, -0.2) is 0 Å². The fourth-order valence-corrected chi connectivity index (χ4v) is 1.86. The second kappa shape index (κ2) is 4.89. The van der Waals surface area contributed by atoms with E-state index in [0.717, 1.165) is 16.5 Å². The molecule has 0 amide bonds. The lowest BCUT2D eigenvalue weighted by Crippen LogP contribution is -1.96. The standard InChI is InChI=1S/C9H13ClS/c1-8(10)7-11-6-5-9-3-2-4-9/h5H,1-4,6-7H2. The highest BCUT2D eigenvalue weighted by molar-refractivity contribution is 7.99. The van der Waals surface area contributed by atoms with Gasteiger partial charge in [-0.15, -0.1) is 0 Å². The molecule has 0 saturated heterocycles. The summed E-state index contributed by atoms with van der Waals surface area (Å²) in [6, 6.07) is 0. The van der Waals surface area contributed by atoms with Gasteiger partial charge in [-0.2, -0.15) is 11.8 Å². The summed E-state index contributed by atoms with van der Waals surface area (Å²) in [4.78, 5) is 0. The van der Waals surface area contributed by atoms with Gasteiger partial charge in [-0.3, -0.25) is 0 Å². The van der Waals surface area contributed by atoms with E-state index in [4.69, 9.17) is 11.6 Å². The summed E-state index contributed by atoms with van der Waals surface area (Å²) >= 11 is 7.44. The van der Waals surface area contributed by atoms with E-state index >= 15 is 0 Å². The molecule has 0 aromatic carbocycles. The van der Waals surface area contributed by atoms with E-state index in [9.17, 15) is 0 Å². The van der Waals surface area contributed by atoms with Crippen LogP contribution in [0.4, 0.5) is 0 Å². The van der Waals surface area contributed by atoms with Crippen LogP contribution in [0.2, 0.25) is 0 Å². The Hall–Kier alpha value is 0.120. The summed E-state index contributed by atoms with van der Waals surface area (Å²) in [7, 11) is 0. The molecule has 1 fully saturated rings. The van der Waals surface area contributed by atoms with Crippen LogP contribution in [0.3, 0.4) is 0 Å². The molecule has 62 valence electrons. The molecule has 0 atom stereocenters. The molecule has 11 heavy (non-hydrogen) atoms. The predicted octanol–water partition coefficient (Wildman–Crippen LogP) is 3.58. The first-order valence-electron chi connectivity index (χ1n) is 3.88. The van der Waals surface area contributed by atoms with Crippen LogP contribution in [-0.2, 0) is 0 Å². The van der Waals surface area contributed by atoms with Crippen molar-refractivity contribution in [1.82, 2.24) is 0 Å². The molecule has 2 heteroatoms. The lowest BCUT2D eigenvalue weighted by Gasteiger charge is -2.15. The highest BCUT2D eigenvalue weighted by atomic mass is 35.5. The van der Waals surface area contributed by atoms with Crippen LogP contribution < -0.4 is 0 Å². The fraction of sp³-hybridized carbons (Fsp3) is 0.556. The minimum Gasteiger partial charge on any atom is -0.152 e. The van der Waals surface area contributed by atoms with Gasteiger partial charge in [0.2, 0.25) is 0 Å². The molecule has 0 aromatic rings. The molecule has 1 aliphatic rings. The second-order valence-corrected chi connectivity index (χ2v) is 4.31. The van der Waals surface area contributed by atoms with Gasteiger partial charge >= 0.3 is 0 Å². The maximum Gasteiger partial charge on any atom is 0.0289 e. The fourth-order valence-electron chi connectivity index (χ4n) is 0.931. The van der Waals surface area contributed by atoms with Crippen molar-refractivity contribution in [3.63, 3.8) is 0 Å². The molecule has 0 heterocycles. The molecule has 0 N–H and O–H groups in total. The van der Waals surface area contributed by atoms with Gasteiger partial charge in [-0.1, -0.05) is 29.8 Å². The Kier molecular flexibility index (Phi) is 4.09. The van der Waals surface area contributed by atoms with Crippen LogP contribution in [0.5, 0.6) is 0 Å². The van der Waals surface area contributed by atoms with Crippen molar-refractivity contribution >= 4 is 23.4 Å². The maximum atomic E-state index is 5.60. The number of rotatable bonds is 4. The minimum atomic E-state index is 0.752. The van der Waals surface area contributed by atoms with Crippen molar-refractivity contribution in [2.24, 2.45) is 0 Å². The molecule has 0 nitrogen and oxygen atoms in total. The minimum absolute atomic E-state index is 0.752. The third-order valence-electron chi connectivity index (χ3n) is 1.74. The van der Waals surface area contributed by atoms with Crippen molar-refractivity contribution in [3.05, 3.63) is 23.3 Å². The van der Waals surface area contributed by atoms with Crippen LogP contribution in [0.25, 0.3) is 0 Å². The first-order chi connectivity index (χ1) is 5.29. The Balaban J connectivity index is 1.99. The maximum absolute atomic E-state index is 5.60. The summed E-state index contributed by atoms with van der Waals surface area (Å²) in [5, 5.41) is 0.752. The van der Waals surface area contributed by atoms with Crippen LogP contribution in [0.1, 0.15) is 19.3 Å². The molecule has 0 bridgehead atoms. The zero-order valence-corrected chi connectivity index (χ0v) is 8.18. The Labute approximate surface area is 77.7 Å². The number of allylic oxidation sites excluding steroid dienone is 1. The average molecular weight is 189 g/mol. The predicted molar refractivity (Wildman–Crippen MR) is 54.3 cm³/mol. The SMILES string of the molecule is C=C(Cl)CSCC=C1CCC1. The summed E-state index contributed by atoms with van der Waals surface area (Å²) in [6.45, 7) is 3.63. The molecule has 0 unspecified atom stereocenters. The summed E-state index contributed by atoms with van der Waals surface area (Å²) in [5.41, 5.74) is 1.62. The van der Waals surface area contributed by atoms with Gasteiger partial charge in [-0.05, 0) is 19.3 Å². The number of halogens is 1. The third kappa shape index (κ3) is 3.88. The first kappa shape index (κ1) is 9.21. The Morgan fingerprint density at radius 3 is 2.82 bits per heavy atom. The van der Waals surface area contributed by atoms with Crippen molar-refractivity contribution in [2.45, 2.75) is 19.3 Å². The number of hydrogen-bond acceptors (Lipinski definition) is 1. The van der Waals surface area contributed by atoms with Crippen LogP contribution in [0.15, 0.2) is 23.3 Å². The molecule has 0 spiro atoms. The topological polar surface area (TPSA) is 0 Å². The van der Waals surface area contributed by atoms with Gasteiger partial charge in [0.05, 0.1) is 0 Å². The smallest absolute Gasteiger partial charge is 0.0289 e. The molecule has 0 aliphatic heterocycles. The van der Waals surface area contributed by atoms with E-state index in [1.807, 2.05) is 11.8 Å². The summed E-state index contributed by atoms with van der Waals surface area (Å²) in [5.74, 6) is 1.98. The van der Waals surface area contributed by atoms with Gasteiger partial charge < -0.3 is 0 Å². The average Bonchev–Trinajstić information content (AvgIpc) is 1.82. The second-order valence-electron chi connectivity index (χ2n) is 2.75. The largest absolute Gasteiger partial charge is 0.152 e. The van der Waals surface area contributed by atoms with Crippen LogP contribution >= 0.6 is 23.4 Å². The van der Waals surface area contributed by atoms with E-state index in [1.165, 1.54) is 19.3 Å². The van der Waals surface area contributed by atoms with E-state index in [1.54, 1.807) is 5.57 Å². The van der Waals surface area contributed by atoms with E-state index in [0.29, 0.717) is 0 Å². The van der Waals surface area contributed by atoms with E-state index in [2.05, 4.69) is 12.7 Å². The molecule has 0 radical (unpaired) electrons. The highest BCUT2D eigenvalue weighted by Gasteiger charge is 2.06. The number of hydrogen-bond donors (Lipinski definition) is 0. The molecule has 0 aromatic heterocycles. The zero-order valence-electron chi connectivity index (χ0n) is 6.61. The molecule has 1 aliphatic carbocycles. The summed E-state index contributed by atoms with van der Waals surface area (Å²) < 4.78 is 0. The van der Waals surface area contributed by atoms with Crippen molar-refractivity contribution < 1.29 is 0 Å². The first-order valence-corrected chi connectivity index (χ1v) is 5.41. The van der Waals surface area contributed by atoms with Crippen molar-refractivity contribution in [2.75, 3.05) is 11.5 Å². The van der Waals surface area contributed by atoms with Gasteiger partial charge in [0.25, 0.3) is 0 Å². The molecule has 1 rings (SSSR count). The van der Waals surface area contributed by atoms with Gasteiger partial charge in [0, 0.05) is 16.5 Å². The Morgan fingerprint density at radius 1 is 1.64 bits per heavy atom. The lowest BCUT2D eigenvalue weighted by atomic mass is 9.93. The third-order valence-corrected chi connectivity index (χ3v) is 2.99. The lowest BCUT2D eigenvalue weighted by molar-refractivity contribution is 0.661. The number of thioether (sulfide) groups is 1. The molecule has 1 saturated carbocycles.